The van der Waals surface area contributed by atoms with Gasteiger partial charge in [0, 0.05) is 11.6 Å². The lowest BCUT2D eigenvalue weighted by Crippen LogP contribution is -2.28. The Morgan fingerprint density at radius 2 is 1.95 bits per heavy atom. The largest absolute Gasteiger partial charge is 0.451 e. The number of nitrogens with one attached hydrogen (secondary N) is 1. The summed E-state index contributed by atoms with van der Waals surface area (Å²) in [7, 11) is 0. The second-order valence-electron chi connectivity index (χ2n) is 3.96. The highest BCUT2D eigenvalue weighted by Crippen LogP contribution is 2.10. The van der Waals surface area contributed by atoms with Gasteiger partial charge in [0.15, 0.2) is 6.61 Å². The van der Waals surface area contributed by atoms with Gasteiger partial charge in [-0.15, -0.1) is 11.3 Å². The topological polar surface area (TPSA) is 55.4 Å². The highest BCUT2D eigenvalue weighted by atomic mass is 35.5. The van der Waals surface area contributed by atoms with Crippen molar-refractivity contribution < 1.29 is 14.3 Å². The van der Waals surface area contributed by atoms with E-state index in [4.69, 9.17) is 16.3 Å². The standard InChI is InChI=1S/C14H12ClNO3S/c15-11-5-3-10(4-6-11)8-16-13(17)9-19-14(18)12-2-1-7-20-12/h1-7H,8-9H2,(H,16,17). The Labute approximate surface area is 125 Å². The molecule has 0 unspecified atom stereocenters. The Kier molecular flexibility index (Phi) is 5.15. The van der Waals surface area contributed by atoms with Gasteiger partial charge in [-0.25, -0.2) is 4.79 Å². The molecule has 2 aromatic rings. The molecular weight excluding hydrogens is 298 g/mol. The summed E-state index contributed by atoms with van der Waals surface area (Å²) in [6.07, 6.45) is 0. The minimum absolute atomic E-state index is 0.287. The van der Waals surface area contributed by atoms with Crippen molar-refractivity contribution in [2.75, 3.05) is 6.61 Å². The van der Waals surface area contributed by atoms with E-state index in [9.17, 15) is 9.59 Å². The number of benzene rings is 1. The van der Waals surface area contributed by atoms with E-state index < -0.39 is 5.97 Å². The van der Waals surface area contributed by atoms with Crippen LogP contribution in [0.4, 0.5) is 0 Å². The number of hydrogen-bond donors (Lipinski definition) is 1. The van der Waals surface area contributed by atoms with Crippen LogP contribution in [0, 0.1) is 0 Å². The lowest BCUT2D eigenvalue weighted by Gasteiger charge is -2.06. The lowest BCUT2D eigenvalue weighted by molar-refractivity contribution is -0.124. The minimum Gasteiger partial charge on any atom is -0.451 e. The molecule has 1 amide bonds. The number of thiophene rings is 1. The number of rotatable bonds is 5. The Morgan fingerprint density at radius 1 is 1.20 bits per heavy atom. The SMILES string of the molecule is O=C(COC(=O)c1cccs1)NCc1ccc(Cl)cc1. The van der Waals surface area contributed by atoms with E-state index in [-0.39, 0.29) is 12.5 Å². The second kappa shape index (κ2) is 7.07. The molecule has 6 heteroatoms. The van der Waals surface area contributed by atoms with Gasteiger partial charge in [0.25, 0.3) is 5.91 Å². The zero-order valence-electron chi connectivity index (χ0n) is 10.5. The van der Waals surface area contributed by atoms with Gasteiger partial charge in [-0.2, -0.15) is 0 Å². The summed E-state index contributed by atoms with van der Waals surface area (Å²) in [4.78, 5) is 23.5. The summed E-state index contributed by atoms with van der Waals surface area (Å²) >= 11 is 7.04. The summed E-state index contributed by atoms with van der Waals surface area (Å²) in [5, 5.41) is 5.08. The van der Waals surface area contributed by atoms with Crippen LogP contribution in [0.5, 0.6) is 0 Å². The van der Waals surface area contributed by atoms with Crippen LogP contribution in [0.3, 0.4) is 0 Å². The van der Waals surface area contributed by atoms with Crippen molar-refractivity contribution in [1.82, 2.24) is 5.32 Å². The Bertz CT molecular complexity index is 581. The van der Waals surface area contributed by atoms with Crippen LogP contribution in [0.15, 0.2) is 41.8 Å². The molecule has 2 rings (SSSR count). The van der Waals surface area contributed by atoms with E-state index in [0.29, 0.717) is 16.4 Å². The van der Waals surface area contributed by atoms with Crippen molar-refractivity contribution in [2.45, 2.75) is 6.54 Å². The average molecular weight is 310 g/mol. The van der Waals surface area contributed by atoms with Gasteiger partial charge in [0.1, 0.15) is 4.88 Å². The molecule has 0 fully saturated rings. The van der Waals surface area contributed by atoms with E-state index in [0.717, 1.165) is 5.56 Å². The first-order valence-electron chi connectivity index (χ1n) is 5.87. The van der Waals surface area contributed by atoms with Crippen LogP contribution < -0.4 is 5.32 Å². The van der Waals surface area contributed by atoms with E-state index in [2.05, 4.69) is 5.32 Å². The predicted octanol–water partition coefficient (Wildman–Crippen LogP) is 2.87. The van der Waals surface area contributed by atoms with Gasteiger partial charge in [-0.3, -0.25) is 4.79 Å². The zero-order valence-corrected chi connectivity index (χ0v) is 12.0. The monoisotopic (exact) mass is 309 g/mol. The Hall–Kier alpha value is -1.85. The molecule has 1 aromatic heterocycles. The molecule has 0 bridgehead atoms. The smallest absolute Gasteiger partial charge is 0.348 e. The molecule has 0 aliphatic heterocycles. The first-order chi connectivity index (χ1) is 9.65. The Morgan fingerprint density at radius 3 is 2.60 bits per heavy atom. The molecule has 4 nitrogen and oxygen atoms in total. The van der Waals surface area contributed by atoms with E-state index in [1.54, 1.807) is 29.6 Å². The highest BCUT2D eigenvalue weighted by molar-refractivity contribution is 7.11. The van der Waals surface area contributed by atoms with Gasteiger partial charge in [-0.1, -0.05) is 29.8 Å². The molecule has 0 radical (unpaired) electrons. The fourth-order valence-electron chi connectivity index (χ4n) is 1.45. The average Bonchev–Trinajstić information content (AvgIpc) is 2.98. The van der Waals surface area contributed by atoms with Crippen molar-refractivity contribution in [3.05, 3.63) is 57.2 Å². The number of halogens is 1. The van der Waals surface area contributed by atoms with E-state index >= 15 is 0 Å². The third kappa shape index (κ3) is 4.36. The van der Waals surface area contributed by atoms with Crippen LogP contribution in [-0.4, -0.2) is 18.5 Å². The summed E-state index contributed by atoms with van der Waals surface area (Å²) in [6, 6.07) is 10.5. The molecule has 20 heavy (non-hydrogen) atoms. The number of ether oxygens (including phenoxy) is 1. The maximum atomic E-state index is 11.5. The van der Waals surface area contributed by atoms with Crippen LogP contribution in [0.2, 0.25) is 5.02 Å². The van der Waals surface area contributed by atoms with Crippen molar-refractivity contribution in [3.63, 3.8) is 0 Å². The van der Waals surface area contributed by atoms with Crippen LogP contribution in [0.25, 0.3) is 0 Å². The molecule has 0 aliphatic carbocycles. The second-order valence-corrected chi connectivity index (χ2v) is 5.34. The molecule has 0 spiro atoms. The fraction of sp³-hybridized carbons (Fsp3) is 0.143. The van der Waals surface area contributed by atoms with Gasteiger partial charge in [0.05, 0.1) is 0 Å². The van der Waals surface area contributed by atoms with Crippen molar-refractivity contribution >= 4 is 34.8 Å². The van der Waals surface area contributed by atoms with Crippen molar-refractivity contribution in [2.24, 2.45) is 0 Å². The maximum Gasteiger partial charge on any atom is 0.348 e. The summed E-state index contributed by atoms with van der Waals surface area (Å²) in [5.74, 6) is -0.827. The molecule has 0 atom stereocenters. The lowest BCUT2D eigenvalue weighted by atomic mass is 10.2. The Balaban J connectivity index is 1.73. The fourth-order valence-corrected chi connectivity index (χ4v) is 2.19. The molecule has 0 saturated carbocycles. The van der Waals surface area contributed by atoms with E-state index in [1.165, 1.54) is 11.3 Å². The highest BCUT2D eigenvalue weighted by Gasteiger charge is 2.10. The third-order valence-electron chi connectivity index (χ3n) is 2.46. The summed E-state index contributed by atoms with van der Waals surface area (Å²) in [6.45, 7) is 0.0802. The van der Waals surface area contributed by atoms with E-state index in [1.807, 2.05) is 12.1 Å². The molecule has 0 saturated heterocycles. The first-order valence-corrected chi connectivity index (χ1v) is 7.12. The number of hydrogen-bond acceptors (Lipinski definition) is 4. The first kappa shape index (κ1) is 14.6. The minimum atomic E-state index is -0.485. The molecule has 1 heterocycles. The van der Waals surface area contributed by atoms with Crippen LogP contribution in [0.1, 0.15) is 15.2 Å². The van der Waals surface area contributed by atoms with Crippen molar-refractivity contribution in [1.29, 1.82) is 0 Å². The maximum absolute atomic E-state index is 11.5. The van der Waals surface area contributed by atoms with Crippen LogP contribution in [-0.2, 0) is 16.1 Å². The molecular formula is C14H12ClNO3S. The summed E-state index contributed by atoms with van der Waals surface area (Å²) in [5.41, 5.74) is 0.923. The molecule has 1 N–H and O–H groups in total. The number of carbonyl (C=O) groups is 2. The predicted molar refractivity (Wildman–Crippen MR) is 77.9 cm³/mol. The van der Waals surface area contributed by atoms with Gasteiger partial charge in [0.2, 0.25) is 0 Å². The summed E-state index contributed by atoms with van der Waals surface area (Å²) < 4.78 is 4.89. The number of carbonyl (C=O) groups excluding carboxylic acids is 2. The number of amides is 1. The van der Waals surface area contributed by atoms with Crippen molar-refractivity contribution in [3.8, 4) is 0 Å². The zero-order chi connectivity index (χ0) is 14.4. The molecule has 0 aliphatic rings. The van der Waals surface area contributed by atoms with Crippen LogP contribution >= 0.6 is 22.9 Å². The van der Waals surface area contributed by atoms with Gasteiger partial charge < -0.3 is 10.1 Å². The normalized spacial score (nSPS) is 10.1. The molecule has 104 valence electrons. The van der Waals surface area contributed by atoms with Gasteiger partial charge >= 0.3 is 5.97 Å². The third-order valence-corrected chi connectivity index (χ3v) is 3.56. The molecule has 1 aromatic carbocycles. The quantitative estimate of drug-likeness (QED) is 0.864. The van der Waals surface area contributed by atoms with Gasteiger partial charge in [-0.05, 0) is 29.1 Å². The number of esters is 1.